The first-order valence-electron chi connectivity index (χ1n) is 9.17. The van der Waals surface area contributed by atoms with E-state index in [1.54, 1.807) is 19.5 Å². The molecule has 1 aromatic heterocycles. The quantitative estimate of drug-likeness (QED) is 0.702. The zero-order valence-corrected chi connectivity index (χ0v) is 14.9. The van der Waals surface area contributed by atoms with Gasteiger partial charge < -0.3 is 19.1 Å². The van der Waals surface area contributed by atoms with Gasteiger partial charge >= 0.3 is 0 Å². The van der Waals surface area contributed by atoms with E-state index < -0.39 is 0 Å². The molecule has 0 aromatic carbocycles. The summed E-state index contributed by atoms with van der Waals surface area (Å²) in [5.41, 5.74) is 1.19. The Labute approximate surface area is 149 Å². The van der Waals surface area contributed by atoms with E-state index in [1.165, 1.54) is 5.56 Å². The normalized spacial score (nSPS) is 24.6. The van der Waals surface area contributed by atoms with Crippen molar-refractivity contribution in [3.63, 3.8) is 0 Å². The highest BCUT2D eigenvalue weighted by molar-refractivity contribution is 5.79. The first-order valence-corrected chi connectivity index (χ1v) is 9.17. The lowest BCUT2D eigenvalue weighted by atomic mass is 9.97. The smallest absolute Gasteiger partial charge is 0.226 e. The summed E-state index contributed by atoms with van der Waals surface area (Å²) in [6, 6.07) is 4.11. The maximum Gasteiger partial charge on any atom is 0.226 e. The first-order chi connectivity index (χ1) is 12.3. The molecule has 0 aliphatic carbocycles. The maximum atomic E-state index is 13.1. The number of likely N-dealkylation sites (tertiary alicyclic amines) is 1. The molecule has 2 atom stereocenters. The van der Waals surface area contributed by atoms with Crippen molar-refractivity contribution in [2.24, 2.45) is 5.92 Å². The minimum Gasteiger partial charge on any atom is -0.382 e. The monoisotopic (exact) mass is 348 g/mol. The van der Waals surface area contributed by atoms with Crippen molar-refractivity contribution in [1.82, 2.24) is 9.88 Å². The minimum atomic E-state index is 0.0621. The van der Waals surface area contributed by atoms with Crippen molar-refractivity contribution in [3.05, 3.63) is 30.1 Å². The van der Waals surface area contributed by atoms with E-state index in [1.807, 2.05) is 17.0 Å². The summed E-state index contributed by atoms with van der Waals surface area (Å²) in [5.74, 6) is 0.353. The summed E-state index contributed by atoms with van der Waals surface area (Å²) in [6.45, 7) is 3.28. The summed E-state index contributed by atoms with van der Waals surface area (Å²) < 4.78 is 16.5. The van der Waals surface area contributed by atoms with Crippen LogP contribution in [0.2, 0.25) is 0 Å². The van der Waals surface area contributed by atoms with Gasteiger partial charge in [0, 0.05) is 45.2 Å². The summed E-state index contributed by atoms with van der Waals surface area (Å²) >= 11 is 0. The fourth-order valence-electron chi connectivity index (χ4n) is 3.76. The number of hydrogen-bond acceptors (Lipinski definition) is 5. The molecule has 2 aliphatic rings. The van der Waals surface area contributed by atoms with Gasteiger partial charge in [-0.05, 0) is 43.4 Å². The van der Waals surface area contributed by atoms with Crippen LogP contribution in [-0.2, 0) is 25.4 Å². The summed E-state index contributed by atoms with van der Waals surface area (Å²) in [5, 5.41) is 0. The van der Waals surface area contributed by atoms with Crippen LogP contribution in [0.15, 0.2) is 24.5 Å². The van der Waals surface area contributed by atoms with Gasteiger partial charge in [-0.3, -0.25) is 9.78 Å². The van der Waals surface area contributed by atoms with E-state index in [-0.39, 0.29) is 24.0 Å². The molecule has 138 valence electrons. The molecule has 1 aromatic rings. The number of aromatic nitrogens is 1. The highest BCUT2D eigenvalue weighted by Gasteiger charge is 2.40. The molecule has 6 heteroatoms. The molecule has 0 spiro atoms. The van der Waals surface area contributed by atoms with Crippen molar-refractivity contribution in [2.45, 2.75) is 37.8 Å². The number of carbonyl (C=O) groups excluding carboxylic acids is 1. The van der Waals surface area contributed by atoms with Gasteiger partial charge in [0.25, 0.3) is 0 Å². The van der Waals surface area contributed by atoms with Crippen molar-refractivity contribution in [2.75, 3.05) is 40.1 Å². The molecule has 0 bridgehead atoms. The molecule has 2 saturated heterocycles. The second-order valence-electron chi connectivity index (χ2n) is 6.74. The number of methoxy groups -OCH3 is 1. The van der Waals surface area contributed by atoms with Crippen LogP contribution in [0.1, 0.15) is 24.8 Å². The maximum absolute atomic E-state index is 13.1. The molecular weight excluding hydrogens is 320 g/mol. The number of amides is 1. The lowest BCUT2D eigenvalue weighted by molar-refractivity contribution is -0.140. The summed E-state index contributed by atoms with van der Waals surface area (Å²) in [7, 11) is 1.67. The molecule has 6 nitrogen and oxygen atoms in total. The van der Waals surface area contributed by atoms with Gasteiger partial charge in [0.2, 0.25) is 5.91 Å². The van der Waals surface area contributed by atoms with Gasteiger partial charge in [-0.1, -0.05) is 0 Å². The summed E-state index contributed by atoms with van der Waals surface area (Å²) in [6.07, 6.45) is 7.00. The third-order valence-electron chi connectivity index (χ3n) is 5.15. The average Bonchev–Trinajstić information content (AvgIpc) is 3.05. The fraction of sp³-hybridized carbons (Fsp3) is 0.684. The molecular formula is C19H28N2O4. The van der Waals surface area contributed by atoms with E-state index in [4.69, 9.17) is 14.2 Å². The highest BCUT2D eigenvalue weighted by atomic mass is 16.5. The van der Waals surface area contributed by atoms with Crippen LogP contribution in [-0.4, -0.2) is 68.0 Å². The number of hydrogen-bond donors (Lipinski definition) is 0. The molecule has 2 fully saturated rings. The van der Waals surface area contributed by atoms with Crippen molar-refractivity contribution in [3.8, 4) is 0 Å². The standard InChI is InChI=1S/C19H28N2O4/c1-23-12-13-25-18-4-9-21(19(22)16-5-10-24-11-6-16)17(18)14-15-2-7-20-8-3-15/h2-3,7-8,16-18H,4-6,9-14H2,1H3/t17-,18-/m1/s1. The van der Waals surface area contributed by atoms with Crippen LogP contribution in [0.3, 0.4) is 0 Å². The Balaban J connectivity index is 1.69. The number of rotatable bonds is 7. The molecule has 25 heavy (non-hydrogen) atoms. The molecule has 2 aliphatic heterocycles. The van der Waals surface area contributed by atoms with Crippen LogP contribution in [0.5, 0.6) is 0 Å². The van der Waals surface area contributed by atoms with Crippen molar-refractivity contribution >= 4 is 5.91 Å². The van der Waals surface area contributed by atoms with Crippen LogP contribution in [0, 0.1) is 5.92 Å². The number of carbonyl (C=O) groups is 1. The Morgan fingerprint density at radius 2 is 2.00 bits per heavy atom. The van der Waals surface area contributed by atoms with E-state index in [2.05, 4.69) is 4.98 Å². The lowest BCUT2D eigenvalue weighted by Crippen LogP contribution is -2.45. The van der Waals surface area contributed by atoms with E-state index >= 15 is 0 Å². The summed E-state index contributed by atoms with van der Waals surface area (Å²) in [4.78, 5) is 19.2. The van der Waals surface area contributed by atoms with Crippen molar-refractivity contribution in [1.29, 1.82) is 0 Å². The van der Waals surface area contributed by atoms with Crippen LogP contribution < -0.4 is 0 Å². The zero-order valence-electron chi connectivity index (χ0n) is 14.9. The van der Waals surface area contributed by atoms with E-state index in [0.717, 1.165) is 32.2 Å². The Morgan fingerprint density at radius 3 is 2.72 bits per heavy atom. The second kappa shape index (κ2) is 9.27. The highest BCUT2D eigenvalue weighted by Crippen LogP contribution is 2.28. The Hall–Kier alpha value is -1.50. The van der Waals surface area contributed by atoms with Crippen molar-refractivity contribution < 1.29 is 19.0 Å². The van der Waals surface area contributed by atoms with Gasteiger partial charge in [-0.15, -0.1) is 0 Å². The molecule has 0 saturated carbocycles. The molecule has 0 N–H and O–H groups in total. The van der Waals surface area contributed by atoms with Gasteiger partial charge in [0.05, 0.1) is 25.4 Å². The molecule has 1 amide bonds. The lowest BCUT2D eigenvalue weighted by Gasteiger charge is -2.32. The predicted molar refractivity (Wildman–Crippen MR) is 93.2 cm³/mol. The third-order valence-corrected chi connectivity index (χ3v) is 5.15. The average molecular weight is 348 g/mol. The van der Waals surface area contributed by atoms with Crippen LogP contribution in [0.25, 0.3) is 0 Å². The predicted octanol–water partition coefficient (Wildman–Crippen LogP) is 1.68. The number of ether oxygens (including phenoxy) is 3. The van der Waals surface area contributed by atoms with Gasteiger partial charge in [0.15, 0.2) is 0 Å². The first kappa shape index (κ1) is 18.3. The number of pyridine rings is 1. The molecule has 3 heterocycles. The van der Waals surface area contributed by atoms with Gasteiger partial charge in [-0.2, -0.15) is 0 Å². The zero-order chi connectivity index (χ0) is 17.5. The van der Waals surface area contributed by atoms with E-state index in [9.17, 15) is 4.79 Å². The van der Waals surface area contributed by atoms with Gasteiger partial charge in [0.1, 0.15) is 0 Å². The van der Waals surface area contributed by atoms with Gasteiger partial charge in [-0.25, -0.2) is 0 Å². The third kappa shape index (κ3) is 4.77. The largest absolute Gasteiger partial charge is 0.382 e. The number of nitrogens with zero attached hydrogens (tertiary/aromatic N) is 2. The van der Waals surface area contributed by atoms with E-state index in [0.29, 0.717) is 26.4 Å². The minimum absolute atomic E-state index is 0.0621. The SMILES string of the molecule is COCCO[C@@H]1CCN(C(=O)C2CCOCC2)[C@@H]1Cc1ccncc1. The fourth-order valence-corrected chi connectivity index (χ4v) is 3.76. The van der Waals surface area contributed by atoms with Crippen LogP contribution in [0.4, 0.5) is 0 Å². The topological polar surface area (TPSA) is 60.9 Å². The Bertz CT molecular complexity index is 533. The molecule has 3 rings (SSSR count). The second-order valence-corrected chi connectivity index (χ2v) is 6.74. The Kier molecular flexibility index (Phi) is 6.78. The molecule has 0 radical (unpaired) electrons. The molecule has 0 unspecified atom stereocenters. The Morgan fingerprint density at radius 1 is 1.24 bits per heavy atom. The van der Waals surface area contributed by atoms with Crippen LogP contribution >= 0.6 is 0 Å².